The highest BCUT2D eigenvalue weighted by Gasteiger charge is 2.45. The molecular formula is C23H33N5O2. The zero-order chi connectivity index (χ0) is 21.3. The van der Waals surface area contributed by atoms with Gasteiger partial charge in [-0.25, -0.2) is 0 Å². The Morgan fingerprint density at radius 2 is 2.00 bits per heavy atom. The predicted molar refractivity (Wildman–Crippen MR) is 118 cm³/mol. The standard InChI is InChI=1S/C23H33N5O2/c1-26(2)11-12-28-16-23(14-21(28)29)7-9-27(10-8-23)22(30)19(24)13-17-15-25-20-6-4-3-5-18(17)20/h3-6,15,19,25H,7-14,16,24H2,1-2H3/t19-/m1/s1. The van der Waals surface area contributed by atoms with Gasteiger partial charge in [0.15, 0.2) is 0 Å². The summed E-state index contributed by atoms with van der Waals surface area (Å²) in [7, 11) is 4.06. The van der Waals surface area contributed by atoms with E-state index in [4.69, 9.17) is 5.73 Å². The molecule has 2 aromatic rings. The Balaban J connectivity index is 1.32. The minimum Gasteiger partial charge on any atom is -0.361 e. The Bertz CT molecular complexity index is 913. The van der Waals surface area contributed by atoms with Gasteiger partial charge < -0.3 is 25.4 Å². The molecule has 162 valence electrons. The molecular weight excluding hydrogens is 378 g/mol. The Morgan fingerprint density at radius 1 is 1.27 bits per heavy atom. The Hall–Kier alpha value is -2.38. The number of likely N-dealkylation sites (N-methyl/N-ethyl adjacent to an activating group) is 1. The van der Waals surface area contributed by atoms with E-state index in [1.54, 1.807) is 0 Å². The number of hydrogen-bond acceptors (Lipinski definition) is 4. The van der Waals surface area contributed by atoms with Crippen LogP contribution in [0.2, 0.25) is 0 Å². The van der Waals surface area contributed by atoms with E-state index < -0.39 is 6.04 Å². The molecule has 7 heteroatoms. The van der Waals surface area contributed by atoms with E-state index in [0.717, 1.165) is 48.9 Å². The molecule has 30 heavy (non-hydrogen) atoms. The van der Waals surface area contributed by atoms with Crippen molar-refractivity contribution in [3.8, 4) is 0 Å². The summed E-state index contributed by atoms with van der Waals surface area (Å²) >= 11 is 0. The van der Waals surface area contributed by atoms with Gasteiger partial charge in [-0.15, -0.1) is 0 Å². The van der Waals surface area contributed by atoms with Crippen molar-refractivity contribution >= 4 is 22.7 Å². The van der Waals surface area contributed by atoms with Crippen molar-refractivity contribution in [3.63, 3.8) is 0 Å². The monoisotopic (exact) mass is 411 g/mol. The van der Waals surface area contributed by atoms with Gasteiger partial charge in [-0.05, 0) is 45.0 Å². The SMILES string of the molecule is CN(C)CCN1CC2(CCN(C(=O)[C@H](N)Cc3c[nH]c4ccccc34)CC2)CC1=O. The number of nitrogens with two attached hydrogens (primary N) is 1. The maximum atomic E-state index is 13.0. The molecule has 2 aliphatic heterocycles. The number of aromatic amines is 1. The zero-order valence-electron chi connectivity index (χ0n) is 18.1. The first-order chi connectivity index (χ1) is 14.4. The minimum absolute atomic E-state index is 0.0175. The summed E-state index contributed by atoms with van der Waals surface area (Å²) < 4.78 is 0. The van der Waals surface area contributed by atoms with Crippen molar-refractivity contribution in [1.82, 2.24) is 19.7 Å². The van der Waals surface area contributed by atoms with Crippen LogP contribution in [0.4, 0.5) is 0 Å². The summed E-state index contributed by atoms with van der Waals surface area (Å²) in [5, 5.41) is 1.13. The number of fused-ring (bicyclic) bond motifs is 1. The average molecular weight is 412 g/mol. The summed E-state index contributed by atoms with van der Waals surface area (Å²) in [6.45, 7) is 3.87. The first kappa shape index (κ1) is 20.9. The Labute approximate surface area is 178 Å². The number of carbonyl (C=O) groups excluding carboxylic acids is 2. The van der Waals surface area contributed by atoms with Gasteiger partial charge in [0.25, 0.3) is 0 Å². The fraction of sp³-hybridized carbons (Fsp3) is 0.565. The second-order valence-electron chi connectivity index (χ2n) is 9.29. The van der Waals surface area contributed by atoms with Gasteiger partial charge in [-0.1, -0.05) is 18.2 Å². The number of aromatic nitrogens is 1. The fourth-order valence-corrected chi connectivity index (χ4v) is 4.90. The second-order valence-corrected chi connectivity index (χ2v) is 9.29. The third kappa shape index (κ3) is 4.23. The molecule has 2 aliphatic rings. The quantitative estimate of drug-likeness (QED) is 0.753. The summed E-state index contributed by atoms with van der Waals surface area (Å²) in [5.41, 5.74) is 8.49. The van der Waals surface area contributed by atoms with Crippen molar-refractivity contribution in [2.45, 2.75) is 31.7 Å². The summed E-state index contributed by atoms with van der Waals surface area (Å²) in [4.78, 5) is 34.7. The average Bonchev–Trinajstić information content (AvgIpc) is 3.27. The predicted octanol–water partition coefficient (Wildman–Crippen LogP) is 1.44. The number of nitrogens with zero attached hydrogens (tertiary/aromatic N) is 3. The van der Waals surface area contributed by atoms with Crippen LogP contribution in [0.5, 0.6) is 0 Å². The first-order valence-electron chi connectivity index (χ1n) is 10.9. The highest BCUT2D eigenvalue weighted by Crippen LogP contribution is 2.41. The van der Waals surface area contributed by atoms with Crippen LogP contribution in [0.3, 0.4) is 0 Å². The van der Waals surface area contributed by atoms with Gasteiger partial charge >= 0.3 is 0 Å². The van der Waals surface area contributed by atoms with E-state index >= 15 is 0 Å². The lowest BCUT2D eigenvalue weighted by Gasteiger charge is -2.39. The number of H-pyrrole nitrogens is 1. The van der Waals surface area contributed by atoms with Crippen LogP contribution in [-0.2, 0) is 16.0 Å². The van der Waals surface area contributed by atoms with Crippen molar-refractivity contribution < 1.29 is 9.59 Å². The molecule has 3 heterocycles. The second kappa shape index (κ2) is 8.40. The van der Waals surface area contributed by atoms with Gasteiger partial charge in [0.1, 0.15) is 0 Å². The van der Waals surface area contributed by atoms with Gasteiger partial charge in [-0.2, -0.15) is 0 Å². The van der Waals surface area contributed by atoms with E-state index in [0.29, 0.717) is 25.9 Å². The fourth-order valence-electron chi connectivity index (χ4n) is 4.90. The van der Waals surface area contributed by atoms with E-state index in [1.807, 2.05) is 48.3 Å². The number of amides is 2. The van der Waals surface area contributed by atoms with E-state index in [2.05, 4.69) is 16.0 Å². The van der Waals surface area contributed by atoms with Gasteiger partial charge in [0, 0.05) is 61.7 Å². The van der Waals surface area contributed by atoms with Gasteiger partial charge in [0.05, 0.1) is 6.04 Å². The highest BCUT2D eigenvalue weighted by molar-refractivity contribution is 5.86. The lowest BCUT2D eigenvalue weighted by Crippen LogP contribution is -2.50. The number of piperidine rings is 1. The maximum Gasteiger partial charge on any atom is 0.239 e. The molecule has 1 aromatic heterocycles. The molecule has 2 fully saturated rings. The largest absolute Gasteiger partial charge is 0.361 e. The third-order valence-corrected chi connectivity index (χ3v) is 6.79. The van der Waals surface area contributed by atoms with E-state index in [-0.39, 0.29) is 17.2 Å². The summed E-state index contributed by atoms with van der Waals surface area (Å²) in [6.07, 6.45) is 4.85. The molecule has 0 unspecified atom stereocenters. The van der Waals surface area contributed by atoms with Gasteiger partial charge in [0.2, 0.25) is 11.8 Å². The van der Waals surface area contributed by atoms with E-state index in [9.17, 15) is 9.59 Å². The topological polar surface area (TPSA) is 85.7 Å². The summed E-state index contributed by atoms with van der Waals surface area (Å²) in [5.74, 6) is 0.275. The van der Waals surface area contributed by atoms with Crippen molar-refractivity contribution in [2.75, 3.05) is 46.8 Å². The molecule has 0 radical (unpaired) electrons. The maximum absolute atomic E-state index is 13.0. The van der Waals surface area contributed by atoms with Crippen LogP contribution in [-0.4, -0.2) is 84.4 Å². The molecule has 1 aromatic carbocycles. The number of benzene rings is 1. The van der Waals surface area contributed by atoms with Crippen LogP contribution in [0.15, 0.2) is 30.5 Å². The number of likely N-dealkylation sites (tertiary alicyclic amines) is 2. The molecule has 1 spiro atoms. The van der Waals surface area contributed by atoms with Crippen molar-refractivity contribution in [2.24, 2.45) is 11.1 Å². The number of rotatable bonds is 6. The van der Waals surface area contributed by atoms with Crippen LogP contribution in [0.25, 0.3) is 10.9 Å². The molecule has 4 rings (SSSR count). The normalized spacial score (nSPS) is 19.9. The Morgan fingerprint density at radius 3 is 2.73 bits per heavy atom. The van der Waals surface area contributed by atoms with E-state index in [1.165, 1.54) is 0 Å². The molecule has 7 nitrogen and oxygen atoms in total. The van der Waals surface area contributed by atoms with Gasteiger partial charge in [-0.3, -0.25) is 9.59 Å². The molecule has 2 amide bonds. The number of nitrogens with one attached hydrogen (secondary N) is 1. The molecule has 2 saturated heterocycles. The molecule has 1 atom stereocenters. The smallest absolute Gasteiger partial charge is 0.239 e. The molecule has 3 N–H and O–H groups in total. The zero-order valence-corrected chi connectivity index (χ0v) is 18.1. The highest BCUT2D eigenvalue weighted by atomic mass is 16.2. The number of para-hydroxylation sites is 1. The van der Waals surface area contributed by atoms with Crippen LogP contribution >= 0.6 is 0 Å². The molecule has 0 bridgehead atoms. The Kier molecular flexibility index (Phi) is 5.84. The summed E-state index contributed by atoms with van der Waals surface area (Å²) in [6, 6.07) is 7.54. The van der Waals surface area contributed by atoms with Crippen molar-refractivity contribution in [3.05, 3.63) is 36.0 Å². The lowest BCUT2D eigenvalue weighted by atomic mass is 9.77. The first-order valence-corrected chi connectivity index (χ1v) is 10.9. The number of carbonyl (C=O) groups is 2. The lowest BCUT2D eigenvalue weighted by molar-refractivity contribution is -0.134. The third-order valence-electron chi connectivity index (χ3n) is 6.79. The molecule has 0 saturated carbocycles. The van der Waals surface area contributed by atoms with Crippen LogP contribution < -0.4 is 5.73 Å². The van der Waals surface area contributed by atoms with Crippen LogP contribution in [0.1, 0.15) is 24.8 Å². The van der Waals surface area contributed by atoms with Crippen LogP contribution in [0, 0.1) is 5.41 Å². The number of hydrogen-bond donors (Lipinski definition) is 2. The molecule has 0 aliphatic carbocycles. The minimum atomic E-state index is -0.542. The van der Waals surface area contributed by atoms with Crippen molar-refractivity contribution in [1.29, 1.82) is 0 Å².